The maximum atomic E-state index is 13.7. The standard InChI is InChI=1S/C16H24F3N3O/c17-16(18,19)15(23,21-22-20)14-12-7-3-1-5-10(12)9-11-6-2-4-8-13(11)14/h10-14,23H,1-9H2. The van der Waals surface area contributed by atoms with Gasteiger partial charge in [-0.25, -0.2) is 0 Å². The molecule has 0 aliphatic heterocycles. The fourth-order valence-corrected chi connectivity index (χ4v) is 5.69. The smallest absolute Gasteiger partial charge is 0.376 e. The molecule has 5 unspecified atom stereocenters. The fourth-order valence-electron chi connectivity index (χ4n) is 5.69. The molecule has 4 nitrogen and oxygen atoms in total. The Morgan fingerprint density at radius 2 is 1.39 bits per heavy atom. The van der Waals surface area contributed by atoms with Crippen LogP contribution in [0.25, 0.3) is 10.4 Å². The van der Waals surface area contributed by atoms with Gasteiger partial charge in [0.15, 0.2) is 0 Å². The minimum absolute atomic E-state index is 0.180. The number of rotatable bonds is 2. The third-order valence-corrected chi connectivity index (χ3v) is 6.54. The van der Waals surface area contributed by atoms with Crippen molar-refractivity contribution >= 4 is 0 Å². The summed E-state index contributed by atoms with van der Waals surface area (Å²) in [7, 11) is 0. The molecule has 0 bridgehead atoms. The fraction of sp³-hybridized carbons (Fsp3) is 1.00. The van der Waals surface area contributed by atoms with Crippen molar-refractivity contribution in [2.45, 2.75) is 69.7 Å². The highest BCUT2D eigenvalue weighted by Crippen LogP contribution is 2.59. The predicted molar refractivity (Wildman–Crippen MR) is 79.2 cm³/mol. The van der Waals surface area contributed by atoms with Gasteiger partial charge in [-0.2, -0.15) is 13.2 Å². The van der Waals surface area contributed by atoms with Gasteiger partial charge >= 0.3 is 6.18 Å². The first-order valence-electron chi connectivity index (χ1n) is 8.74. The minimum atomic E-state index is -4.93. The zero-order chi connectivity index (χ0) is 16.7. The quantitative estimate of drug-likeness (QED) is 0.423. The molecule has 3 aliphatic carbocycles. The number of hydrogen-bond donors (Lipinski definition) is 1. The van der Waals surface area contributed by atoms with E-state index >= 15 is 0 Å². The topological polar surface area (TPSA) is 69.0 Å². The van der Waals surface area contributed by atoms with E-state index in [0.717, 1.165) is 44.9 Å². The average Bonchev–Trinajstić information content (AvgIpc) is 2.51. The van der Waals surface area contributed by atoms with Crippen LogP contribution in [0.5, 0.6) is 0 Å². The van der Waals surface area contributed by atoms with Gasteiger partial charge in [0.1, 0.15) is 0 Å². The molecule has 3 rings (SSSR count). The second-order valence-electron chi connectivity index (χ2n) is 7.59. The van der Waals surface area contributed by atoms with Gasteiger partial charge in [-0.3, -0.25) is 0 Å². The van der Waals surface area contributed by atoms with E-state index in [2.05, 4.69) is 10.0 Å². The van der Waals surface area contributed by atoms with Crippen molar-refractivity contribution in [3.8, 4) is 0 Å². The zero-order valence-electron chi connectivity index (χ0n) is 13.2. The Balaban J connectivity index is 2.04. The second kappa shape index (κ2) is 6.17. The molecular formula is C16H24F3N3O. The summed E-state index contributed by atoms with van der Waals surface area (Å²) in [4.78, 5) is 2.38. The Kier molecular flexibility index (Phi) is 4.53. The zero-order valence-corrected chi connectivity index (χ0v) is 13.2. The maximum Gasteiger partial charge on any atom is 0.423 e. The lowest BCUT2D eigenvalue weighted by Gasteiger charge is -2.55. The largest absolute Gasteiger partial charge is 0.423 e. The van der Waals surface area contributed by atoms with Crippen LogP contribution in [0.15, 0.2) is 5.11 Å². The molecular weight excluding hydrogens is 307 g/mol. The number of halogens is 3. The van der Waals surface area contributed by atoms with Crippen molar-refractivity contribution in [3.63, 3.8) is 0 Å². The summed E-state index contributed by atoms with van der Waals surface area (Å²) < 4.78 is 41.0. The first kappa shape index (κ1) is 16.9. The summed E-state index contributed by atoms with van der Waals surface area (Å²) in [5.74, 6) is -0.880. The molecule has 0 aromatic carbocycles. The SMILES string of the molecule is [N-]=[N+]=NC(O)(C1C2CCCCC2CC2CCCCC21)C(F)(F)F. The number of hydrogen-bond acceptors (Lipinski definition) is 2. The van der Waals surface area contributed by atoms with E-state index in [4.69, 9.17) is 5.53 Å². The van der Waals surface area contributed by atoms with Crippen LogP contribution in [0, 0.1) is 29.6 Å². The predicted octanol–water partition coefficient (Wildman–Crippen LogP) is 5.18. The molecule has 0 radical (unpaired) electrons. The lowest BCUT2D eigenvalue weighted by atomic mass is 9.52. The van der Waals surface area contributed by atoms with Gasteiger partial charge in [0.05, 0.1) is 0 Å². The number of alkyl halides is 3. The Bertz CT molecular complexity index is 469. The third kappa shape index (κ3) is 2.82. The van der Waals surface area contributed by atoms with Crippen molar-refractivity contribution < 1.29 is 18.3 Å². The average molecular weight is 331 g/mol. The molecule has 3 saturated carbocycles. The van der Waals surface area contributed by atoms with Crippen LogP contribution in [0.2, 0.25) is 0 Å². The lowest BCUT2D eigenvalue weighted by Crippen LogP contribution is -2.59. The van der Waals surface area contributed by atoms with Crippen LogP contribution in [0.1, 0.15) is 57.8 Å². The summed E-state index contributed by atoms with van der Waals surface area (Å²) in [5.41, 5.74) is 5.43. The first-order chi connectivity index (χ1) is 10.9. The minimum Gasteiger partial charge on any atom is -0.376 e. The summed E-state index contributed by atoms with van der Waals surface area (Å²) in [6, 6.07) is 0. The van der Waals surface area contributed by atoms with Gasteiger partial charge in [-0.1, -0.05) is 38.5 Å². The molecule has 0 heterocycles. The molecule has 0 aromatic rings. The van der Waals surface area contributed by atoms with E-state index < -0.39 is 17.8 Å². The van der Waals surface area contributed by atoms with E-state index in [9.17, 15) is 18.3 Å². The Morgan fingerprint density at radius 3 is 1.83 bits per heavy atom. The molecule has 5 atom stereocenters. The molecule has 3 aliphatic rings. The molecule has 0 amide bonds. The highest BCUT2D eigenvalue weighted by molar-refractivity contribution is 5.04. The Labute approximate surface area is 134 Å². The number of fused-ring (bicyclic) bond motifs is 2. The van der Waals surface area contributed by atoms with E-state index in [1.807, 2.05) is 0 Å². The van der Waals surface area contributed by atoms with Gasteiger partial charge in [0, 0.05) is 10.8 Å². The van der Waals surface area contributed by atoms with Crippen molar-refractivity contribution in [1.82, 2.24) is 0 Å². The number of azide groups is 1. The van der Waals surface area contributed by atoms with Gasteiger partial charge in [0.2, 0.25) is 5.72 Å². The van der Waals surface area contributed by atoms with Crippen molar-refractivity contribution in [1.29, 1.82) is 0 Å². The normalized spacial score (nSPS) is 40.3. The van der Waals surface area contributed by atoms with Crippen LogP contribution < -0.4 is 0 Å². The van der Waals surface area contributed by atoms with Crippen LogP contribution in [-0.2, 0) is 0 Å². The summed E-state index contributed by atoms with van der Waals surface area (Å²) in [6.45, 7) is 0. The first-order valence-corrected chi connectivity index (χ1v) is 8.74. The second-order valence-corrected chi connectivity index (χ2v) is 7.59. The van der Waals surface area contributed by atoms with Crippen LogP contribution >= 0.6 is 0 Å². The maximum absolute atomic E-state index is 13.7. The molecule has 3 fully saturated rings. The van der Waals surface area contributed by atoms with Gasteiger partial charge < -0.3 is 5.11 Å². The monoisotopic (exact) mass is 331 g/mol. The van der Waals surface area contributed by atoms with Crippen LogP contribution in [0.3, 0.4) is 0 Å². The van der Waals surface area contributed by atoms with E-state index in [1.54, 1.807) is 0 Å². The Hall–Kier alpha value is -0.940. The molecule has 0 aromatic heterocycles. The number of nitrogens with zero attached hydrogens (tertiary/aromatic N) is 3. The van der Waals surface area contributed by atoms with Crippen molar-refractivity contribution in [3.05, 3.63) is 10.4 Å². The van der Waals surface area contributed by atoms with E-state index in [1.165, 1.54) is 0 Å². The molecule has 0 spiro atoms. The summed E-state index contributed by atoms with van der Waals surface area (Å²) >= 11 is 0. The number of aliphatic hydroxyl groups is 1. The van der Waals surface area contributed by atoms with Crippen molar-refractivity contribution in [2.75, 3.05) is 0 Å². The Morgan fingerprint density at radius 1 is 0.913 bits per heavy atom. The lowest BCUT2D eigenvalue weighted by molar-refractivity contribution is -0.301. The van der Waals surface area contributed by atoms with Crippen molar-refractivity contribution in [2.24, 2.45) is 34.7 Å². The van der Waals surface area contributed by atoms with E-state index in [-0.39, 0.29) is 23.7 Å². The molecule has 0 saturated heterocycles. The van der Waals surface area contributed by atoms with E-state index in [0.29, 0.717) is 12.8 Å². The van der Waals surface area contributed by atoms with Crippen LogP contribution in [-0.4, -0.2) is 17.0 Å². The molecule has 7 heteroatoms. The summed E-state index contributed by atoms with van der Waals surface area (Å²) in [6.07, 6.45) is 3.26. The molecule has 23 heavy (non-hydrogen) atoms. The highest BCUT2D eigenvalue weighted by Gasteiger charge is 2.64. The third-order valence-electron chi connectivity index (χ3n) is 6.54. The van der Waals surface area contributed by atoms with Gasteiger partial charge in [-0.05, 0) is 53.6 Å². The molecule has 1 N–H and O–H groups in total. The summed E-state index contributed by atoms with van der Waals surface area (Å²) in [5, 5.41) is 13.4. The molecule has 130 valence electrons. The van der Waals surface area contributed by atoms with Gasteiger partial charge in [0.25, 0.3) is 0 Å². The van der Waals surface area contributed by atoms with Crippen LogP contribution in [0.4, 0.5) is 13.2 Å². The van der Waals surface area contributed by atoms with Gasteiger partial charge in [-0.15, -0.1) is 0 Å². The highest BCUT2D eigenvalue weighted by atomic mass is 19.4.